The highest BCUT2D eigenvalue weighted by atomic mass is 35.5. The van der Waals surface area contributed by atoms with Gasteiger partial charge in [-0.15, -0.1) is 0 Å². The lowest BCUT2D eigenvalue weighted by Crippen LogP contribution is -1.99. The zero-order valence-electron chi connectivity index (χ0n) is 11.3. The van der Waals surface area contributed by atoms with Crippen LogP contribution < -0.4 is 15.2 Å². The number of rotatable bonds is 6. The van der Waals surface area contributed by atoms with Gasteiger partial charge in [-0.05, 0) is 36.2 Å². The molecule has 0 saturated heterocycles. The van der Waals surface area contributed by atoms with Crippen molar-refractivity contribution in [2.75, 3.05) is 6.61 Å². The molecule has 0 aliphatic rings. The first kappa shape index (κ1) is 14.6. The van der Waals surface area contributed by atoms with E-state index in [0.29, 0.717) is 35.6 Å². The molecule has 0 unspecified atom stereocenters. The molecule has 2 rings (SSSR count). The van der Waals surface area contributed by atoms with Crippen LogP contribution in [0.1, 0.15) is 18.9 Å². The van der Waals surface area contributed by atoms with E-state index in [0.717, 1.165) is 12.0 Å². The molecule has 1 aromatic carbocycles. The minimum Gasteiger partial charge on any atom is -0.488 e. The lowest BCUT2D eigenvalue weighted by molar-refractivity contribution is 0.298. The van der Waals surface area contributed by atoms with Crippen LogP contribution >= 0.6 is 11.6 Å². The Bertz CT molecular complexity index is 576. The number of halogens is 1. The Morgan fingerprint density at radius 1 is 1.30 bits per heavy atom. The number of nitrogens with zero attached hydrogens (tertiary/aromatic N) is 1. The van der Waals surface area contributed by atoms with Crippen molar-refractivity contribution in [2.24, 2.45) is 5.73 Å². The van der Waals surface area contributed by atoms with Crippen LogP contribution in [-0.2, 0) is 6.54 Å². The number of nitrogens with two attached hydrogens (primary N) is 1. The third-order valence-corrected chi connectivity index (χ3v) is 3.01. The van der Waals surface area contributed by atoms with E-state index in [1.54, 1.807) is 12.3 Å². The average molecular weight is 293 g/mol. The van der Waals surface area contributed by atoms with E-state index in [1.807, 2.05) is 31.2 Å². The minimum absolute atomic E-state index is 0.396. The van der Waals surface area contributed by atoms with Crippen LogP contribution in [-0.4, -0.2) is 11.6 Å². The number of hydrogen-bond acceptors (Lipinski definition) is 4. The van der Waals surface area contributed by atoms with Crippen molar-refractivity contribution in [3.8, 4) is 17.4 Å². The molecule has 0 atom stereocenters. The SMILES string of the molecule is CCCOc1cccnc1Oc1ccc(CN)c(Cl)c1. The minimum atomic E-state index is 0.396. The van der Waals surface area contributed by atoms with E-state index in [9.17, 15) is 0 Å². The third-order valence-electron chi connectivity index (χ3n) is 2.66. The smallest absolute Gasteiger partial charge is 0.262 e. The largest absolute Gasteiger partial charge is 0.488 e. The molecule has 20 heavy (non-hydrogen) atoms. The first-order chi connectivity index (χ1) is 9.74. The van der Waals surface area contributed by atoms with Gasteiger partial charge >= 0.3 is 0 Å². The fourth-order valence-electron chi connectivity index (χ4n) is 1.64. The van der Waals surface area contributed by atoms with Crippen molar-refractivity contribution in [3.63, 3.8) is 0 Å². The molecular formula is C15H17ClN2O2. The van der Waals surface area contributed by atoms with Crippen molar-refractivity contribution in [3.05, 3.63) is 47.1 Å². The quantitative estimate of drug-likeness (QED) is 0.880. The molecule has 0 aliphatic heterocycles. The normalized spacial score (nSPS) is 10.3. The van der Waals surface area contributed by atoms with Gasteiger partial charge in [0.05, 0.1) is 6.61 Å². The van der Waals surface area contributed by atoms with Gasteiger partial charge in [0.2, 0.25) is 0 Å². The molecule has 0 bridgehead atoms. The summed E-state index contributed by atoms with van der Waals surface area (Å²) in [4.78, 5) is 4.18. The first-order valence-electron chi connectivity index (χ1n) is 6.48. The molecule has 0 radical (unpaired) electrons. The molecule has 0 spiro atoms. The molecular weight excluding hydrogens is 276 g/mol. The fourth-order valence-corrected chi connectivity index (χ4v) is 1.89. The van der Waals surface area contributed by atoms with Crippen molar-refractivity contribution in [1.29, 1.82) is 0 Å². The topological polar surface area (TPSA) is 57.4 Å². The van der Waals surface area contributed by atoms with Gasteiger partial charge in [0, 0.05) is 17.8 Å². The van der Waals surface area contributed by atoms with E-state index in [1.165, 1.54) is 0 Å². The maximum Gasteiger partial charge on any atom is 0.262 e. The van der Waals surface area contributed by atoms with Gasteiger partial charge in [-0.25, -0.2) is 4.98 Å². The Morgan fingerprint density at radius 3 is 2.85 bits per heavy atom. The Balaban J connectivity index is 2.19. The van der Waals surface area contributed by atoms with E-state index in [2.05, 4.69) is 4.98 Å². The lowest BCUT2D eigenvalue weighted by atomic mass is 10.2. The van der Waals surface area contributed by atoms with Crippen LogP contribution in [0.2, 0.25) is 5.02 Å². The second-order valence-electron chi connectivity index (χ2n) is 4.21. The summed E-state index contributed by atoms with van der Waals surface area (Å²) >= 11 is 6.11. The lowest BCUT2D eigenvalue weighted by Gasteiger charge is -2.11. The highest BCUT2D eigenvalue weighted by Crippen LogP contribution is 2.31. The highest BCUT2D eigenvalue weighted by Gasteiger charge is 2.08. The summed E-state index contributed by atoms with van der Waals surface area (Å²) < 4.78 is 11.3. The third kappa shape index (κ3) is 3.62. The summed E-state index contributed by atoms with van der Waals surface area (Å²) in [5.41, 5.74) is 6.45. The summed E-state index contributed by atoms with van der Waals surface area (Å²) in [6.07, 6.45) is 2.58. The second-order valence-corrected chi connectivity index (χ2v) is 4.62. The van der Waals surface area contributed by atoms with Crippen LogP contribution in [0.15, 0.2) is 36.5 Å². The van der Waals surface area contributed by atoms with Crippen LogP contribution in [0.5, 0.6) is 17.4 Å². The average Bonchev–Trinajstić information content (AvgIpc) is 2.46. The second kappa shape index (κ2) is 7.12. The molecule has 2 aromatic rings. The Kier molecular flexibility index (Phi) is 5.21. The van der Waals surface area contributed by atoms with Crippen LogP contribution in [0.25, 0.3) is 0 Å². The van der Waals surface area contributed by atoms with Gasteiger partial charge in [0.1, 0.15) is 5.75 Å². The van der Waals surface area contributed by atoms with E-state index in [-0.39, 0.29) is 0 Å². The van der Waals surface area contributed by atoms with Crippen LogP contribution in [0.3, 0.4) is 0 Å². The van der Waals surface area contributed by atoms with Gasteiger partial charge in [0.15, 0.2) is 5.75 Å². The van der Waals surface area contributed by atoms with Gasteiger partial charge in [-0.3, -0.25) is 0 Å². The van der Waals surface area contributed by atoms with Crippen molar-refractivity contribution in [2.45, 2.75) is 19.9 Å². The maximum absolute atomic E-state index is 6.11. The fraction of sp³-hybridized carbons (Fsp3) is 0.267. The number of ether oxygens (including phenoxy) is 2. The zero-order chi connectivity index (χ0) is 14.4. The zero-order valence-corrected chi connectivity index (χ0v) is 12.1. The van der Waals surface area contributed by atoms with E-state index in [4.69, 9.17) is 26.8 Å². The molecule has 0 fully saturated rings. The Labute approximate surface area is 123 Å². The molecule has 0 aliphatic carbocycles. The molecule has 0 amide bonds. The van der Waals surface area contributed by atoms with Crippen molar-refractivity contribution in [1.82, 2.24) is 4.98 Å². The van der Waals surface area contributed by atoms with Crippen LogP contribution in [0.4, 0.5) is 0 Å². The van der Waals surface area contributed by atoms with Crippen molar-refractivity contribution < 1.29 is 9.47 Å². The standard InChI is InChI=1S/C15H17ClN2O2/c1-2-8-19-14-4-3-7-18-15(14)20-12-6-5-11(10-17)13(16)9-12/h3-7,9H,2,8,10,17H2,1H3. The monoisotopic (exact) mass is 292 g/mol. The Morgan fingerprint density at radius 2 is 2.15 bits per heavy atom. The molecule has 5 heteroatoms. The molecule has 0 saturated carbocycles. The summed E-state index contributed by atoms with van der Waals surface area (Å²) in [6, 6.07) is 9.01. The number of benzene rings is 1. The van der Waals surface area contributed by atoms with E-state index < -0.39 is 0 Å². The predicted octanol–water partition coefficient (Wildman–Crippen LogP) is 3.77. The van der Waals surface area contributed by atoms with Crippen molar-refractivity contribution >= 4 is 11.6 Å². The summed E-state index contributed by atoms with van der Waals surface area (Å²) in [6.45, 7) is 3.06. The van der Waals surface area contributed by atoms with Gasteiger partial charge < -0.3 is 15.2 Å². The van der Waals surface area contributed by atoms with E-state index >= 15 is 0 Å². The summed E-state index contributed by atoms with van der Waals surface area (Å²) in [5, 5.41) is 0.581. The van der Waals surface area contributed by atoms with Crippen LogP contribution in [0, 0.1) is 0 Å². The summed E-state index contributed by atoms with van der Waals surface area (Å²) in [7, 11) is 0. The van der Waals surface area contributed by atoms with Gasteiger partial charge in [-0.2, -0.15) is 0 Å². The number of aromatic nitrogens is 1. The molecule has 1 aromatic heterocycles. The highest BCUT2D eigenvalue weighted by molar-refractivity contribution is 6.31. The molecule has 2 N–H and O–H groups in total. The van der Waals surface area contributed by atoms with Gasteiger partial charge in [-0.1, -0.05) is 24.6 Å². The predicted molar refractivity (Wildman–Crippen MR) is 79.4 cm³/mol. The number of hydrogen-bond donors (Lipinski definition) is 1. The maximum atomic E-state index is 6.11. The molecule has 1 heterocycles. The Hall–Kier alpha value is -1.78. The molecule has 4 nitrogen and oxygen atoms in total. The molecule has 106 valence electrons. The first-order valence-corrected chi connectivity index (χ1v) is 6.86. The van der Waals surface area contributed by atoms with Gasteiger partial charge in [0.25, 0.3) is 5.88 Å². The number of pyridine rings is 1. The summed E-state index contributed by atoms with van der Waals surface area (Å²) in [5.74, 6) is 1.65.